The summed E-state index contributed by atoms with van der Waals surface area (Å²) in [5.41, 5.74) is 1.02. The smallest absolute Gasteiger partial charge is 0.272 e. The molecule has 154 valence electrons. The van der Waals surface area contributed by atoms with Gasteiger partial charge in [0.2, 0.25) is 5.91 Å². The molecule has 0 aliphatic carbocycles. The zero-order valence-electron chi connectivity index (χ0n) is 16.2. The van der Waals surface area contributed by atoms with E-state index in [2.05, 4.69) is 10.3 Å². The van der Waals surface area contributed by atoms with Crippen LogP contribution in [0.1, 0.15) is 13.3 Å². The van der Waals surface area contributed by atoms with Crippen LogP contribution in [0.2, 0.25) is 5.02 Å². The van der Waals surface area contributed by atoms with Crippen LogP contribution in [0.15, 0.2) is 33.5 Å². The molecule has 0 aliphatic rings. The quantitative estimate of drug-likeness (QED) is 0.405. The highest BCUT2D eigenvalue weighted by molar-refractivity contribution is 7.99. The third-order valence-electron chi connectivity index (χ3n) is 4.06. The number of nitrogens with one attached hydrogen (secondary N) is 1. The van der Waals surface area contributed by atoms with Crippen LogP contribution >= 0.6 is 34.7 Å². The van der Waals surface area contributed by atoms with E-state index in [0.29, 0.717) is 44.1 Å². The molecule has 0 saturated carbocycles. The first kappa shape index (κ1) is 21.5. The Labute approximate surface area is 181 Å². The summed E-state index contributed by atoms with van der Waals surface area (Å²) in [5.74, 6) is 0.703. The summed E-state index contributed by atoms with van der Waals surface area (Å²) < 4.78 is 12.7. The number of anilines is 1. The topological polar surface area (TPSA) is 82.5 Å². The fourth-order valence-electron chi connectivity index (χ4n) is 2.73. The van der Waals surface area contributed by atoms with E-state index in [1.165, 1.54) is 37.3 Å². The first-order valence-corrected chi connectivity index (χ1v) is 11.0. The molecule has 0 spiro atoms. The summed E-state index contributed by atoms with van der Waals surface area (Å²) in [5, 5.41) is 5.51. The van der Waals surface area contributed by atoms with Gasteiger partial charge in [-0.25, -0.2) is 4.98 Å². The zero-order chi connectivity index (χ0) is 21.0. The van der Waals surface area contributed by atoms with Gasteiger partial charge in [-0.2, -0.15) is 0 Å². The Morgan fingerprint density at radius 1 is 1.31 bits per heavy atom. The molecule has 3 aromatic rings. The maximum atomic E-state index is 12.7. The zero-order valence-corrected chi connectivity index (χ0v) is 18.5. The molecule has 7 nitrogen and oxygen atoms in total. The third kappa shape index (κ3) is 4.68. The third-order valence-corrected chi connectivity index (χ3v) is 6.22. The number of rotatable bonds is 8. The van der Waals surface area contributed by atoms with Crippen molar-refractivity contribution in [3.05, 3.63) is 39.0 Å². The Bertz CT molecular complexity index is 1100. The number of halogens is 1. The summed E-state index contributed by atoms with van der Waals surface area (Å²) >= 11 is 8.74. The van der Waals surface area contributed by atoms with Crippen LogP contribution in [-0.4, -0.2) is 35.4 Å². The summed E-state index contributed by atoms with van der Waals surface area (Å²) in [6.07, 6.45) is 0.791. The summed E-state index contributed by atoms with van der Waals surface area (Å²) in [6.45, 7) is 2.54. The van der Waals surface area contributed by atoms with Crippen LogP contribution in [0.5, 0.6) is 11.5 Å². The van der Waals surface area contributed by atoms with Crippen LogP contribution in [0.4, 0.5) is 5.69 Å². The lowest BCUT2D eigenvalue weighted by molar-refractivity contribution is -0.113. The molecule has 1 N–H and O–H groups in total. The van der Waals surface area contributed by atoms with Gasteiger partial charge in [-0.15, -0.1) is 11.3 Å². The molecule has 1 aromatic carbocycles. The molecule has 0 fully saturated rings. The molecule has 2 aromatic heterocycles. The molecular formula is C19H20ClN3O4S2. The molecule has 0 atom stereocenters. The maximum Gasteiger partial charge on any atom is 0.272 e. The molecule has 2 heterocycles. The predicted molar refractivity (Wildman–Crippen MR) is 118 cm³/mol. The summed E-state index contributed by atoms with van der Waals surface area (Å²) in [6, 6.07) is 4.99. The van der Waals surface area contributed by atoms with Gasteiger partial charge in [0.05, 0.1) is 36.2 Å². The molecule has 29 heavy (non-hydrogen) atoms. The van der Waals surface area contributed by atoms with Gasteiger partial charge < -0.3 is 14.8 Å². The molecule has 3 rings (SSSR count). The van der Waals surface area contributed by atoms with Crippen molar-refractivity contribution in [3.63, 3.8) is 0 Å². The number of carbonyl (C=O) groups is 1. The second-order valence-electron chi connectivity index (χ2n) is 6.01. The van der Waals surface area contributed by atoms with Crippen LogP contribution < -0.4 is 20.3 Å². The standard InChI is InChI=1S/C19H20ClN3O4S2/c1-4-6-23-18(25)17-12(5-7-28-17)22-19(23)29-10-16(24)21-13-8-11(20)14(26-2)9-15(13)27-3/h5,7-9H,4,6,10H2,1-3H3,(H,21,24). The van der Waals surface area contributed by atoms with Gasteiger partial charge in [-0.05, 0) is 23.9 Å². The average molecular weight is 454 g/mol. The lowest BCUT2D eigenvalue weighted by atomic mass is 10.2. The molecule has 0 bridgehead atoms. The van der Waals surface area contributed by atoms with Crippen molar-refractivity contribution >= 4 is 56.5 Å². The minimum atomic E-state index is -0.266. The van der Waals surface area contributed by atoms with E-state index in [9.17, 15) is 9.59 Å². The average Bonchev–Trinajstić information content (AvgIpc) is 3.18. The van der Waals surface area contributed by atoms with E-state index in [1.54, 1.807) is 16.7 Å². The SMILES string of the molecule is CCCn1c(SCC(=O)Nc2cc(Cl)c(OC)cc2OC)nc2ccsc2c1=O. The lowest BCUT2D eigenvalue weighted by Gasteiger charge is -2.14. The second kappa shape index (κ2) is 9.51. The van der Waals surface area contributed by atoms with E-state index in [-0.39, 0.29) is 17.2 Å². The van der Waals surface area contributed by atoms with Crippen molar-refractivity contribution < 1.29 is 14.3 Å². The van der Waals surface area contributed by atoms with Gasteiger partial charge >= 0.3 is 0 Å². The van der Waals surface area contributed by atoms with Gasteiger partial charge in [0.25, 0.3) is 5.56 Å². The van der Waals surface area contributed by atoms with E-state index in [0.717, 1.165) is 6.42 Å². The van der Waals surface area contributed by atoms with Gasteiger partial charge in [0.15, 0.2) is 5.16 Å². The first-order valence-electron chi connectivity index (χ1n) is 8.80. The fraction of sp³-hybridized carbons (Fsp3) is 0.316. The van der Waals surface area contributed by atoms with Gasteiger partial charge in [0, 0.05) is 12.6 Å². The van der Waals surface area contributed by atoms with Crippen molar-refractivity contribution in [3.8, 4) is 11.5 Å². The number of hydrogen-bond acceptors (Lipinski definition) is 7. The molecule has 0 aliphatic heterocycles. The van der Waals surface area contributed by atoms with E-state index < -0.39 is 0 Å². The molecule has 0 unspecified atom stereocenters. The van der Waals surface area contributed by atoms with Crippen LogP contribution in [0, 0.1) is 0 Å². The Balaban J connectivity index is 1.78. The number of thiophene rings is 1. The lowest BCUT2D eigenvalue weighted by Crippen LogP contribution is -2.23. The Hall–Kier alpha value is -2.23. The molecule has 1 amide bonds. The number of fused-ring (bicyclic) bond motifs is 1. The Morgan fingerprint density at radius 2 is 2.07 bits per heavy atom. The normalized spacial score (nSPS) is 10.9. The van der Waals surface area contributed by atoms with Gasteiger partial charge in [-0.3, -0.25) is 14.2 Å². The predicted octanol–water partition coefficient (Wildman–Crippen LogP) is 4.27. The molecule has 10 heteroatoms. The fourth-order valence-corrected chi connectivity index (χ4v) is 4.57. The number of carbonyl (C=O) groups excluding carboxylic acids is 1. The van der Waals surface area contributed by atoms with E-state index in [1.807, 2.05) is 18.4 Å². The second-order valence-corrected chi connectivity index (χ2v) is 8.28. The maximum absolute atomic E-state index is 12.7. The Kier molecular flexibility index (Phi) is 7.05. The first-order chi connectivity index (χ1) is 14.0. The summed E-state index contributed by atoms with van der Waals surface area (Å²) in [4.78, 5) is 29.8. The minimum absolute atomic E-state index is 0.0710. The highest BCUT2D eigenvalue weighted by Crippen LogP contribution is 2.36. The number of amides is 1. The van der Waals surface area contributed by atoms with Gasteiger partial charge in [0.1, 0.15) is 16.2 Å². The van der Waals surface area contributed by atoms with Crippen LogP contribution in [0.3, 0.4) is 0 Å². The van der Waals surface area contributed by atoms with Crippen molar-refractivity contribution in [1.29, 1.82) is 0 Å². The molecular weight excluding hydrogens is 434 g/mol. The van der Waals surface area contributed by atoms with Crippen molar-refractivity contribution in [2.24, 2.45) is 0 Å². The van der Waals surface area contributed by atoms with Crippen molar-refractivity contribution in [1.82, 2.24) is 9.55 Å². The number of methoxy groups -OCH3 is 2. The monoisotopic (exact) mass is 453 g/mol. The molecule has 0 radical (unpaired) electrons. The number of thioether (sulfide) groups is 1. The number of nitrogens with zero attached hydrogens (tertiary/aromatic N) is 2. The van der Waals surface area contributed by atoms with E-state index in [4.69, 9.17) is 21.1 Å². The Morgan fingerprint density at radius 3 is 2.76 bits per heavy atom. The molecule has 0 saturated heterocycles. The van der Waals surface area contributed by atoms with Crippen LogP contribution in [0.25, 0.3) is 10.2 Å². The number of ether oxygens (including phenoxy) is 2. The van der Waals surface area contributed by atoms with Crippen LogP contribution in [-0.2, 0) is 11.3 Å². The van der Waals surface area contributed by atoms with Crippen molar-refractivity contribution in [2.75, 3.05) is 25.3 Å². The highest BCUT2D eigenvalue weighted by atomic mass is 35.5. The van der Waals surface area contributed by atoms with Crippen molar-refractivity contribution in [2.45, 2.75) is 25.0 Å². The van der Waals surface area contributed by atoms with Gasteiger partial charge in [-0.1, -0.05) is 30.3 Å². The summed E-state index contributed by atoms with van der Waals surface area (Å²) in [7, 11) is 3.00. The highest BCUT2D eigenvalue weighted by Gasteiger charge is 2.16. The number of benzene rings is 1. The largest absolute Gasteiger partial charge is 0.495 e. The van der Waals surface area contributed by atoms with E-state index >= 15 is 0 Å². The minimum Gasteiger partial charge on any atom is -0.495 e. The number of aromatic nitrogens is 2. The number of hydrogen-bond donors (Lipinski definition) is 1.